The van der Waals surface area contributed by atoms with Crippen LogP contribution in [0.2, 0.25) is 5.02 Å². The van der Waals surface area contributed by atoms with Gasteiger partial charge in [-0.2, -0.15) is 0 Å². The van der Waals surface area contributed by atoms with Crippen molar-refractivity contribution in [2.24, 2.45) is 5.14 Å². The number of hydrogen-bond donors (Lipinski definition) is 4. The summed E-state index contributed by atoms with van der Waals surface area (Å²) in [5.74, 6) is -1.45. The summed E-state index contributed by atoms with van der Waals surface area (Å²) in [6, 6.07) is 7.84. The first-order valence-electron chi connectivity index (χ1n) is 9.80. The quantitative estimate of drug-likeness (QED) is 0.369. The number of ether oxygens (including phenoxy) is 1. The highest BCUT2D eigenvalue weighted by Gasteiger charge is 2.33. The fourth-order valence-electron chi connectivity index (χ4n) is 3.49. The van der Waals surface area contributed by atoms with Crippen molar-refractivity contribution in [2.75, 3.05) is 25.0 Å². The Morgan fingerprint density at radius 3 is 2.62 bits per heavy atom. The normalized spacial score (nSPS) is 16.9. The second kappa shape index (κ2) is 9.09. The fraction of sp³-hybridized carbons (Fsp3) is 0.200. The first-order chi connectivity index (χ1) is 16.0. The van der Waals surface area contributed by atoms with Gasteiger partial charge in [0.05, 0.1) is 34.0 Å². The molecule has 0 aliphatic carbocycles. The maximum Gasteiger partial charge on any atom is 0.337 e. The Balaban J connectivity index is 1.94. The number of fused-ring (bicyclic) bond motifs is 1. The number of sulfone groups is 1. The molecule has 1 unspecified atom stereocenters. The van der Waals surface area contributed by atoms with Gasteiger partial charge in [0.25, 0.3) is 0 Å². The number of rotatable bonds is 6. The van der Waals surface area contributed by atoms with Crippen molar-refractivity contribution >= 4 is 59.7 Å². The number of nitrogens with two attached hydrogens (primary N) is 1. The first kappa shape index (κ1) is 24.3. The van der Waals surface area contributed by atoms with Gasteiger partial charge in [-0.3, -0.25) is 4.98 Å². The van der Waals surface area contributed by atoms with Crippen LogP contribution in [-0.2, 0) is 24.6 Å². The van der Waals surface area contributed by atoms with Crippen LogP contribution < -0.4 is 15.8 Å². The summed E-state index contributed by atoms with van der Waals surface area (Å²) in [5.41, 5.74) is -1.27. The zero-order valence-electron chi connectivity index (χ0n) is 17.4. The van der Waals surface area contributed by atoms with E-state index in [9.17, 15) is 26.7 Å². The van der Waals surface area contributed by atoms with Crippen LogP contribution in [-0.4, -0.2) is 58.0 Å². The third kappa shape index (κ3) is 4.71. The van der Waals surface area contributed by atoms with E-state index in [2.05, 4.69) is 15.6 Å². The molecule has 0 saturated carbocycles. The molecule has 5 N–H and O–H groups in total. The van der Waals surface area contributed by atoms with Gasteiger partial charge < -0.3 is 20.5 Å². The van der Waals surface area contributed by atoms with Crippen molar-refractivity contribution in [1.29, 1.82) is 0 Å². The number of carbonyl (C=O) groups is 1. The number of aromatic carboxylic acids is 1. The number of pyridine rings is 1. The summed E-state index contributed by atoms with van der Waals surface area (Å²) in [5, 5.41) is 21.2. The van der Waals surface area contributed by atoms with Crippen LogP contribution in [0, 0.1) is 0 Å². The smallest absolute Gasteiger partial charge is 0.337 e. The number of sulfonamides is 1. The van der Waals surface area contributed by atoms with Gasteiger partial charge in [-0.15, -0.1) is 0 Å². The zero-order valence-corrected chi connectivity index (χ0v) is 19.7. The number of morpholine rings is 1. The molecule has 180 valence electrons. The molecule has 2 aromatic carbocycles. The van der Waals surface area contributed by atoms with Crippen molar-refractivity contribution in [3.63, 3.8) is 0 Å². The second-order valence-electron chi connectivity index (χ2n) is 7.39. The minimum Gasteiger partial charge on any atom is -0.478 e. The van der Waals surface area contributed by atoms with Gasteiger partial charge in [0.1, 0.15) is 4.90 Å². The van der Waals surface area contributed by atoms with E-state index in [0.717, 1.165) is 18.3 Å². The molecule has 1 aromatic heterocycles. The molecule has 1 aliphatic rings. The van der Waals surface area contributed by atoms with E-state index in [1.165, 1.54) is 12.1 Å². The van der Waals surface area contributed by atoms with E-state index >= 15 is 0 Å². The molecule has 1 aliphatic heterocycles. The molecule has 3 aromatic rings. The minimum atomic E-state index is -4.17. The molecule has 11 nitrogen and oxygen atoms in total. The lowest BCUT2D eigenvalue weighted by molar-refractivity contribution is 0.0697. The maximum atomic E-state index is 13.4. The largest absolute Gasteiger partial charge is 0.478 e. The lowest BCUT2D eigenvalue weighted by atomic mass is 10.1. The summed E-state index contributed by atoms with van der Waals surface area (Å²) in [7, 11) is -8.27. The third-order valence-corrected chi connectivity index (χ3v) is 8.21. The Labute approximate surface area is 199 Å². The highest BCUT2D eigenvalue weighted by molar-refractivity contribution is 7.92. The van der Waals surface area contributed by atoms with Gasteiger partial charge in [0.2, 0.25) is 19.9 Å². The van der Waals surface area contributed by atoms with E-state index < -0.39 is 41.7 Å². The maximum absolute atomic E-state index is 13.4. The van der Waals surface area contributed by atoms with Crippen LogP contribution in [0.5, 0.6) is 0 Å². The Morgan fingerprint density at radius 1 is 1.21 bits per heavy atom. The number of benzene rings is 2. The predicted molar refractivity (Wildman–Crippen MR) is 125 cm³/mol. The molecule has 1 fully saturated rings. The number of carboxylic acid groups (broad SMARTS) is 1. The molecule has 0 amide bonds. The molecule has 1 atom stereocenters. The van der Waals surface area contributed by atoms with Crippen molar-refractivity contribution in [1.82, 2.24) is 10.3 Å². The average Bonchev–Trinajstić information content (AvgIpc) is 2.79. The summed E-state index contributed by atoms with van der Waals surface area (Å²) in [6.07, 6.45) is 1.16. The van der Waals surface area contributed by atoms with Gasteiger partial charge in [0, 0.05) is 29.7 Å². The number of carboxylic acids is 1. The van der Waals surface area contributed by atoms with Crippen LogP contribution in [0.15, 0.2) is 52.4 Å². The molecule has 0 radical (unpaired) electrons. The lowest BCUT2D eigenvalue weighted by Gasteiger charge is -2.25. The lowest BCUT2D eigenvalue weighted by Crippen LogP contribution is -2.43. The van der Waals surface area contributed by atoms with E-state index in [1.807, 2.05) is 0 Å². The number of nitrogens with one attached hydrogen (secondary N) is 2. The zero-order chi connectivity index (χ0) is 24.7. The van der Waals surface area contributed by atoms with Gasteiger partial charge in [-0.1, -0.05) is 11.6 Å². The second-order valence-corrected chi connectivity index (χ2v) is 11.4. The Bertz CT molecular complexity index is 1500. The summed E-state index contributed by atoms with van der Waals surface area (Å²) in [4.78, 5) is 15.5. The van der Waals surface area contributed by atoms with E-state index in [0.29, 0.717) is 22.5 Å². The van der Waals surface area contributed by atoms with Crippen molar-refractivity contribution in [3.05, 3.63) is 53.2 Å². The Hall–Kier alpha value is -2.81. The molecular formula is C20H19ClN4O7S2. The number of hydrogen-bond acceptors (Lipinski definition) is 9. The molecular weight excluding hydrogens is 508 g/mol. The number of anilines is 2. The van der Waals surface area contributed by atoms with Crippen LogP contribution in [0.4, 0.5) is 11.4 Å². The first-order valence-corrected chi connectivity index (χ1v) is 13.3. The number of nitrogens with zero attached hydrogens (tertiary/aromatic N) is 1. The monoisotopic (exact) mass is 526 g/mol. The van der Waals surface area contributed by atoms with Gasteiger partial charge in [-0.05, 0) is 36.4 Å². The molecule has 34 heavy (non-hydrogen) atoms. The molecule has 14 heteroatoms. The molecule has 2 heterocycles. The van der Waals surface area contributed by atoms with Gasteiger partial charge in [0.15, 0.2) is 5.44 Å². The van der Waals surface area contributed by atoms with Crippen LogP contribution in [0.1, 0.15) is 10.4 Å². The van der Waals surface area contributed by atoms with Crippen LogP contribution in [0.3, 0.4) is 0 Å². The van der Waals surface area contributed by atoms with Crippen LogP contribution >= 0.6 is 11.6 Å². The van der Waals surface area contributed by atoms with E-state index in [-0.39, 0.29) is 29.4 Å². The molecule has 4 rings (SSSR count). The van der Waals surface area contributed by atoms with E-state index in [4.69, 9.17) is 21.5 Å². The Morgan fingerprint density at radius 2 is 1.97 bits per heavy atom. The number of halogens is 1. The van der Waals surface area contributed by atoms with Crippen molar-refractivity contribution in [2.45, 2.75) is 15.2 Å². The third-order valence-electron chi connectivity index (χ3n) is 5.15. The Kier molecular flexibility index (Phi) is 6.50. The summed E-state index contributed by atoms with van der Waals surface area (Å²) >= 11 is 6.15. The van der Waals surface area contributed by atoms with Gasteiger partial charge >= 0.3 is 5.97 Å². The molecule has 0 spiro atoms. The average molecular weight is 527 g/mol. The highest BCUT2D eigenvalue weighted by Crippen LogP contribution is 2.36. The SMILES string of the molecule is NS(=O)(=O)c1ccc(Nc2c(S(=O)(=O)C3CNCCO3)cnc3ccc(Cl)cc23)c(C(=O)O)c1. The number of primary sulfonamides is 1. The molecule has 0 bridgehead atoms. The van der Waals surface area contributed by atoms with Gasteiger partial charge in [-0.25, -0.2) is 26.8 Å². The fourth-order valence-corrected chi connectivity index (χ4v) is 5.75. The highest BCUT2D eigenvalue weighted by atomic mass is 35.5. The summed E-state index contributed by atoms with van der Waals surface area (Å²) < 4.78 is 55.7. The standard InChI is InChI=1S/C20H19ClN4O7S2/c21-11-1-3-15-13(7-11)19(17(9-24-15)33(28,29)18-10-23-5-6-32-18)25-16-4-2-12(34(22,30)31)8-14(16)20(26)27/h1-4,7-9,18,23H,5-6,10H2,(H,24,25)(H,26,27)(H2,22,30,31). The number of aromatic nitrogens is 1. The predicted octanol–water partition coefficient (Wildman–Crippen LogP) is 1.70. The van der Waals surface area contributed by atoms with E-state index in [1.54, 1.807) is 12.1 Å². The van der Waals surface area contributed by atoms with Crippen molar-refractivity contribution in [3.8, 4) is 0 Å². The van der Waals surface area contributed by atoms with Crippen molar-refractivity contribution < 1.29 is 31.5 Å². The topological polar surface area (TPSA) is 178 Å². The minimum absolute atomic E-state index is 0.0209. The van der Waals surface area contributed by atoms with Crippen LogP contribution in [0.25, 0.3) is 10.9 Å². The molecule has 1 saturated heterocycles. The summed E-state index contributed by atoms with van der Waals surface area (Å²) in [6.45, 7) is 0.748.